The van der Waals surface area contributed by atoms with Gasteiger partial charge in [-0.2, -0.15) is 0 Å². The van der Waals surface area contributed by atoms with Gasteiger partial charge in [-0.1, -0.05) is 32.1 Å². The minimum atomic E-state index is -0.659. The molecule has 0 radical (unpaired) electrons. The van der Waals surface area contributed by atoms with Crippen molar-refractivity contribution in [3.05, 3.63) is 0 Å². The first-order valence-corrected chi connectivity index (χ1v) is 7.71. The van der Waals surface area contributed by atoms with Gasteiger partial charge in [-0.15, -0.1) is 0 Å². The quantitative estimate of drug-likeness (QED) is 0.789. The van der Waals surface area contributed by atoms with Crippen molar-refractivity contribution >= 4 is 5.97 Å². The van der Waals surface area contributed by atoms with Crippen LogP contribution in [0, 0.1) is 5.92 Å². The van der Waals surface area contributed by atoms with Crippen molar-refractivity contribution in [2.24, 2.45) is 5.92 Å². The fraction of sp³-hybridized carbons (Fsp3) is 0.933. The zero-order valence-corrected chi connectivity index (χ0v) is 11.4. The van der Waals surface area contributed by atoms with Crippen LogP contribution in [0.25, 0.3) is 0 Å². The highest BCUT2D eigenvalue weighted by Gasteiger charge is 2.25. The molecule has 104 valence electrons. The standard InChI is InChI=1S/C15H27NO2/c17-15(18)10-12-16-11-4-7-14(16)9-8-13-5-2-1-3-6-13/h13-14H,1-12H2,(H,17,18)/t14-/m0/s1. The summed E-state index contributed by atoms with van der Waals surface area (Å²) in [6.07, 6.45) is 12.7. The maximum atomic E-state index is 10.6. The van der Waals surface area contributed by atoms with Crippen molar-refractivity contribution in [1.82, 2.24) is 4.90 Å². The van der Waals surface area contributed by atoms with E-state index in [4.69, 9.17) is 5.11 Å². The average Bonchev–Trinajstić information content (AvgIpc) is 2.82. The summed E-state index contributed by atoms with van der Waals surface area (Å²) in [7, 11) is 0. The summed E-state index contributed by atoms with van der Waals surface area (Å²) in [4.78, 5) is 13.1. The summed E-state index contributed by atoms with van der Waals surface area (Å²) >= 11 is 0. The zero-order valence-electron chi connectivity index (χ0n) is 11.4. The molecule has 18 heavy (non-hydrogen) atoms. The van der Waals surface area contributed by atoms with Gasteiger partial charge >= 0.3 is 5.97 Å². The Morgan fingerprint density at radius 1 is 1.06 bits per heavy atom. The fourth-order valence-electron chi connectivity index (χ4n) is 3.66. The number of nitrogens with zero attached hydrogens (tertiary/aromatic N) is 1. The Morgan fingerprint density at radius 2 is 1.83 bits per heavy atom. The van der Waals surface area contributed by atoms with Crippen LogP contribution in [0.4, 0.5) is 0 Å². The lowest BCUT2D eigenvalue weighted by Gasteiger charge is -2.27. The van der Waals surface area contributed by atoms with Gasteiger partial charge in [0.05, 0.1) is 6.42 Å². The summed E-state index contributed by atoms with van der Waals surface area (Å²) < 4.78 is 0. The van der Waals surface area contributed by atoms with Crippen LogP contribution >= 0.6 is 0 Å². The SMILES string of the molecule is O=C(O)CCN1CCC[C@H]1CCC1CCCCC1. The predicted octanol–water partition coefficient (Wildman–Crippen LogP) is 3.29. The molecule has 0 aromatic carbocycles. The van der Waals surface area contributed by atoms with Crippen molar-refractivity contribution < 1.29 is 9.90 Å². The van der Waals surface area contributed by atoms with Crippen LogP contribution in [-0.2, 0) is 4.79 Å². The molecular weight excluding hydrogens is 226 g/mol. The van der Waals surface area contributed by atoms with Gasteiger partial charge in [0.25, 0.3) is 0 Å². The van der Waals surface area contributed by atoms with Gasteiger partial charge in [0.1, 0.15) is 0 Å². The van der Waals surface area contributed by atoms with Gasteiger partial charge in [-0.3, -0.25) is 9.69 Å². The number of hydrogen-bond donors (Lipinski definition) is 1. The highest BCUT2D eigenvalue weighted by molar-refractivity contribution is 5.66. The zero-order chi connectivity index (χ0) is 12.8. The Balaban J connectivity index is 1.68. The lowest BCUT2D eigenvalue weighted by atomic mass is 9.85. The third-order valence-electron chi connectivity index (χ3n) is 4.74. The lowest BCUT2D eigenvalue weighted by molar-refractivity contribution is -0.137. The summed E-state index contributed by atoms with van der Waals surface area (Å²) in [5.74, 6) is 0.300. The van der Waals surface area contributed by atoms with Gasteiger partial charge in [-0.05, 0) is 38.1 Å². The van der Waals surface area contributed by atoms with E-state index in [0.29, 0.717) is 12.5 Å². The molecule has 2 aliphatic rings. The summed E-state index contributed by atoms with van der Waals surface area (Å²) in [5.41, 5.74) is 0. The topological polar surface area (TPSA) is 40.5 Å². The second-order valence-corrected chi connectivity index (χ2v) is 6.06. The van der Waals surface area contributed by atoms with Gasteiger partial charge < -0.3 is 5.11 Å². The molecule has 0 bridgehead atoms. The van der Waals surface area contributed by atoms with E-state index in [2.05, 4.69) is 4.90 Å². The summed E-state index contributed by atoms with van der Waals surface area (Å²) in [6, 6.07) is 0.672. The number of carbonyl (C=O) groups is 1. The van der Waals surface area contributed by atoms with E-state index in [1.807, 2.05) is 0 Å². The molecule has 0 spiro atoms. The molecule has 1 heterocycles. The van der Waals surface area contributed by atoms with Crippen LogP contribution < -0.4 is 0 Å². The molecule has 0 aromatic rings. The van der Waals surface area contributed by atoms with Crippen molar-refractivity contribution in [2.75, 3.05) is 13.1 Å². The maximum Gasteiger partial charge on any atom is 0.304 e. The molecule has 0 unspecified atom stereocenters. The third kappa shape index (κ3) is 4.27. The maximum absolute atomic E-state index is 10.6. The van der Waals surface area contributed by atoms with Gasteiger partial charge in [-0.25, -0.2) is 0 Å². The van der Waals surface area contributed by atoms with Gasteiger partial charge in [0, 0.05) is 12.6 Å². The number of likely N-dealkylation sites (tertiary alicyclic amines) is 1. The van der Waals surface area contributed by atoms with Crippen molar-refractivity contribution in [2.45, 2.75) is 70.3 Å². The van der Waals surface area contributed by atoms with Crippen LogP contribution in [0.5, 0.6) is 0 Å². The van der Waals surface area contributed by atoms with Crippen LogP contribution in [0.3, 0.4) is 0 Å². The molecule has 2 rings (SSSR count). The van der Waals surface area contributed by atoms with E-state index in [1.165, 1.54) is 57.8 Å². The molecule has 2 fully saturated rings. The number of aliphatic carboxylic acids is 1. The first-order valence-electron chi connectivity index (χ1n) is 7.71. The van der Waals surface area contributed by atoms with E-state index in [9.17, 15) is 4.79 Å². The Labute approximate surface area is 111 Å². The summed E-state index contributed by atoms with van der Waals surface area (Å²) in [5, 5.41) is 8.77. The molecule has 1 saturated heterocycles. The molecular formula is C15H27NO2. The minimum Gasteiger partial charge on any atom is -0.481 e. The molecule has 3 nitrogen and oxygen atoms in total. The molecule has 1 aliphatic carbocycles. The Kier molecular flexibility index (Phi) is 5.48. The van der Waals surface area contributed by atoms with E-state index in [-0.39, 0.29) is 0 Å². The third-order valence-corrected chi connectivity index (χ3v) is 4.74. The van der Waals surface area contributed by atoms with Gasteiger partial charge in [0.15, 0.2) is 0 Å². The number of carboxylic acid groups (broad SMARTS) is 1. The van der Waals surface area contributed by atoms with E-state index in [0.717, 1.165) is 19.0 Å². The minimum absolute atomic E-state index is 0.305. The van der Waals surface area contributed by atoms with Crippen molar-refractivity contribution in [3.63, 3.8) is 0 Å². The average molecular weight is 253 g/mol. The van der Waals surface area contributed by atoms with E-state index >= 15 is 0 Å². The summed E-state index contributed by atoms with van der Waals surface area (Å²) in [6.45, 7) is 1.87. The van der Waals surface area contributed by atoms with Crippen LogP contribution in [-0.4, -0.2) is 35.1 Å². The van der Waals surface area contributed by atoms with Crippen LogP contribution in [0.2, 0.25) is 0 Å². The van der Waals surface area contributed by atoms with Crippen LogP contribution in [0.1, 0.15) is 64.2 Å². The predicted molar refractivity (Wildman–Crippen MR) is 72.7 cm³/mol. The van der Waals surface area contributed by atoms with Gasteiger partial charge in [0.2, 0.25) is 0 Å². The fourth-order valence-corrected chi connectivity index (χ4v) is 3.66. The molecule has 1 saturated carbocycles. The lowest BCUT2D eigenvalue weighted by Crippen LogP contribution is -2.32. The molecule has 0 aromatic heterocycles. The second kappa shape index (κ2) is 7.13. The van der Waals surface area contributed by atoms with Crippen LogP contribution in [0.15, 0.2) is 0 Å². The van der Waals surface area contributed by atoms with E-state index in [1.54, 1.807) is 0 Å². The van der Waals surface area contributed by atoms with Crippen molar-refractivity contribution in [1.29, 1.82) is 0 Å². The molecule has 3 heteroatoms. The van der Waals surface area contributed by atoms with E-state index < -0.39 is 5.97 Å². The number of carboxylic acids is 1. The normalized spacial score (nSPS) is 26.6. The molecule has 1 N–H and O–H groups in total. The number of rotatable bonds is 6. The van der Waals surface area contributed by atoms with Crippen molar-refractivity contribution in [3.8, 4) is 0 Å². The molecule has 1 atom stereocenters. The Bertz CT molecular complexity index is 261. The molecule has 1 aliphatic heterocycles. The largest absolute Gasteiger partial charge is 0.481 e. The smallest absolute Gasteiger partial charge is 0.304 e. The first kappa shape index (κ1) is 13.9. The molecule has 0 amide bonds. The monoisotopic (exact) mass is 253 g/mol. The highest BCUT2D eigenvalue weighted by atomic mass is 16.4. The Morgan fingerprint density at radius 3 is 2.56 bits per heavy atom. The first-order chi connectivity index (χ1) is 8.75. The number of hydrogen-bond acceptors (Lipinski definition) is 2. The Hall–Kier alpha value is -0.570. The highest BCUT2D eigenvalue weighted by Crippen LogP contribution is 2.30. The second-order valence-electron chi connectivity index (χ2n) is 6.06.